The summed E-state index contributed by atoms with van der Waals surface area (Å²) in [5.74, 6) is -0.683. The molecule has 2 unspecified atom stereocenters. The Morgan fingerprint density at radius 3 is 2.38 bits per heavy atom. The van der Waals surface area contributed by atoms with Gasteiger partial charge in [-0.1, -0.05) is 26.2 Å². The van der Waals surface area contributed by atoms with Crippen molar-refractivity contribution in [1.29, 1.82) is 0 Å². The van der Waals surface area contributed by atoms with E-state index in [0.717, 1.165) is 25.7 Å². The number of rotatable bonds is 4. The van der Waals surface area contributed by atoms with Crippen molar-refractivity contribution in [2.24, 2.45) is 11.8 Å². The molecule has 2 atom stereocenters. The maximum atomic E-state index is 12.7. The Kier molecular flexibility index (Phi) is 5.27. The molecule has 1 aliphatic heterocycles. The van der Waals surface area contributed by atoms with Gasteiger partial charge in [-0.25, -0.2) is 0 Å². The highest BCUT2D eigenvalue weighted by atomic mass is 32.2. The smallest absolute Gasteiger partial charge is 0.310 e. The SMILES string of the molecule is COC(=O)C1CN(S(=O)(=O)N(C)C2CCCCC2)CC1C. The predicted molar refractivity (Wildman–Crippen MR) is 79.8 cm³/mol. The van der Waals surface area contributed by atoms with E-state index in [1.807, 2.05) is 6.92 Å². The van der Waals surface area contributed by atoms with E-state index in [9.17, 15) is 13.2 Å². The van der Waals surface area contributed by atoms with Crippen LogP contribution in [0.5, 0.6) is 0 Å². The van der Waals surface area contributed by atoms with Crippen molar-refractivity contribution < 1.29 is 17.9 Å². The molecular formula is C14H26N2O4S. The van der Waals surface area contributed by atoms with E-state index in [1.165, 1.54) is 22.1 Å². The van der Waals surface area contributed by atoms with Gasteiger partial charge in [0.1, 0.15) is 0 Å². The highest BCUT2D eigenvalue weighted by molar-refractivity contribution is 7.86. The van der Waals surface area contributed by atoms with Crippen LogP contribution in [-0.4, -0.2) is 56.3 Å². The largest absolute Gasteiger partial charge is 0.469 e. The molecule has 0 spiro atoms. The number of esters is 1. The lowest BCUT2D eigenvalue weighted by atomic mass is 9.96. The monoisotopic (exact) mass is 318 g/mol. The van der Waals surface area contributed by atoms with Crippen molar-refractivity contribution in [2.45, 2.75) is 45.1 Å². The van der Waals surface area contributed by atoms with Crippen molar-refractivity contribution in [2.75, 3.05) is 27.2 Å². The van der Waals surface area contributed by atoms with Crippen LogP contribution in [0.1, 0.15) is 39.0 Å². The van der Waals surface area contributed by atoms with Crippen molar-refractivity contribution in [3.8, 4) is 0 Å². The molecule has 0 aromatic rings. The average Bonchev–Trinajstić information content (AvgIpc) is 2.89. The minimum atomic E-state index is -3.49. The highest BCUT2D eigenvalue weighted by Crippen LogP contribution is 2.30. The van der Waals surface area contributed by atoms with Crippen molar-refractivity contribution in [3.63, 3.8) is 0 Å². The Labute approximate surface area is 127 Å². The molecule has 122 valence electrons. The Bertz CT molecular complexity index is 473. The fourth-order valence-electron chi connectivity index (χ4n) is 3.38. The van der Waals surface area contributed by atoms with Crippen LogP contribution in [0.15, 0.2) is 0 Å². The minimum absolute atomic E-state index is 0.00743. The molecule has 0 aromatic heterocycles. The highest BCUT2D eigenvalue weighted by Gasteiger charge is 2.43. The van der Waals surface area contributed by atoms with Gasteiger partial charge in [-0.2, -0.15) is 17.0 Å². The maximum Gasteiger partial charge on any atom is 0.310 e. The molecule has 0 aromatic carbocycles. The molecule has 0 radical (unpaired) electrons. The van der Waals surface area contributed by atoms with Crippen LogP contribution in [0.2, 0.25) is 0 Å². The van der Waals surface area contributed by atoms with Gasteiger partial charge < -0.3 is 4.74 Å². The summed E-state index contributed by atoms with van der Waals surface area (Å²) in [4.78, 5) is 11.7. The number of hydrogen-bond donors (Lipinski definition) is 0. The molecule has 7 heteroatoms. The molecule has 1 saturated carbocycles. The summed E-state index contributed by atoms with van der Waals surface area (Å²) in [5.41, 5.74) is 0. The number of hydrogen-bond acceptors (Lipinski definition) is 4. The molecule has 2 rings (SSSR count). The van der Waals surface area contributed by atoms with E-state index in [-0.39, 0.29) is 30.4 Å². The fourth-order valence-corrected chi connectivity index (χ4v) is 5.11. The fraction of sp³-hybridized carbons (Fsp3) is 0.929. The van der Waals surface area contributed by atoms with Crippen LogP contribution in [0, 0.1) is 11.8 Å². The van der Waals surface area contributed by atoms with E-state index in [4.69, 9.17) is 4.74 Å². The molecule has 1 heterocycles. The predicted octanol–water partition coefficient (Wildman–Crippen LogP) is 1.24. The number of ether oxygens (including phenoxy) is 1. The molecule has 0 N–H and O–H groups in total. The maximum absolute atomic E-state index is 12.7. The van der Waals surface area contributed by atoms with Gasteiger partial charge in [0.2, 0.25) is 0 Å². The lowest BCUT2D eigenvalue weighted by Crippen LogP contribution is -2.46. The number of methoxy groups -OCH3 is 1. The van der Waals surface area contributed by atoms with Gasteiger partial charge in [0.15, 0.2) is 0 Å². The Hall–Kier alpha value is -0.660. The van der Waals surface area contributed by atoms with Gasteiger partial charge in [0, 0.05) is 26.2 Å². The van der Waals surface area contributed by atoms with Crippen LogP contribution in [0.25, 0.3) is 0 Å². The Morgan fingerprint density at radius 2 is 1.81 bits per heavy atom. The number of carbonyl (C=O) groups is 1. The summed E-state index contributed by atoms with van der Waals surface area (Å²) in [6.07, 6.45) is 5.23. The minimum Gasteiger partial charge on any atom is -0.469 e. The molecule has 0 bridgehead atoms. The van der Waals surface area contributed by atoms with E-state index in [0.29, 0.717) is 6.54 Å². The zero-order valence-corrected chi connectivity index (χ0v) is 13.9. The van der Waals surface area contributed by atoms with E-state index >= 15 is 0 Å². The summed E-state index contributed by atoms with van der Waals surface area (Å²) in [5, 5.41) is 0. The quantitative estimate of drug-likeness (QED) is 0.731. The van der Waals surface area contributed by atoms with Gasteiger partial charge in [-0.15, -0.1) is 0 Å². The van der Waals surface area contributed by atoms with Crippen LogP contribution in [0.3, 0.4) is 0 Å². The number of carbonyl (C=O) groups excluding carboxylic acids is 1. The molecule has 0 amide bonds. The van der Waals surface area contributed by atoms with Crippen LogP contribution >= 0.6 is 0 Å². The number of nitrogens with zero attached hydrogens (tertiary/aromatic N) is 2. The van der Waals surface area contributed by atoms with Crippen molar-refractivity contribution in [3.05, 3.63) is 0 Å². The summed E-state index contributed by atoms with van der Waals surface area (Å²) in [6.45, 7) is 2.52. The summed E-state index contributed by atoms with van der Waals surface area (Å²) in [6, 6.07) is 0.0937. The molecule has 2 fully saturated rings. The van der Waals surface area contributed by atoms with Gasteiger partial charge in [-0.05, 0) is 18.8 Å². The second-order valence-corrected chi connectivity index (χ2v) is 8.23. The molecule has 2 aliphatic rings. The third-order valence-electron chi connectivity index (χ3n) is 4.86. The first kappa shape index (κ1) is 16.7. The first-order valence-corrected chi connectivity index (χ1v) is 9.08. The third kappa shape index (κ3) is 3.40. The van der Waals surface area contributed by atoms with Crippen LogP contribution < -0.4 is 0 Å². The first-order valence-electron chi connectivity index (χ1n) is 7.69. The molecule has 1 saturated heterocycles. The molecule has 1 aliphatic carbocycles. The van der Waals surface area contributed by atoms with Gasteiger partial charge >= 0.3 is 5.97 Å². The van der Waals surface area contributed by atoms with Crippen molar-refractivity contribution >= 4 is 16.2 Å². The zero-order valence-electron chi connectivity index (χ0n) is 13.1. The standard InChI is InChI=1S/C14H26N2O4S/c1-11-9-16(10-13(11)14(17)20-3)21(18,19)15(2)12-7-5-4-6-8-12/h11-13H,4-10H2,1-3H3. The van der Waals surface area contributed by atoms with Crippen LogP contribution in [-0.2, 0) is 19.7 Å². The topological polar surface area (TPSA) is 66.9 Å². The lowest BCUT2D eigenvalue weighted by Gasteiger charge is -2.33. The second kappa shape index (κ2) is 6.62. The lowest BCUT2D eigenvalue weighted by molar-refractivity contribution is -0.145. The zero-order chi connectivity index (χ0) is 15.6. The Balaban J connectivity index is 2.07. The summed E-state index contributed by atoms with van der Waals surface area (Å²) in [7, 11) is -0.471. The normalized spacial score (nSPS) is 29.0. The third-order valence-corrected chi connectivity index (χ3v) is 6.84. The summed E-state index contributed by atoms with van der Waals surface area (Å²) >= 11 is 0. The van der Waals surface area contributed by atoms with Crippen molar-refractivity contribution in [1.82, 2.24) is 8.61 Å². The van der Waals surface area contributed by atoms with E-state index in [2.05, 4.69) is 0 Å². The van der Waals surface area contributed by atoms with Gasteiger partial charge in [0.05, 0.1) is 13.0 Å². The molecule has 6 nitrogen and oxygen atoms in total. The molecular weight excluding hydrogens is 292 g/mol. The first-order chi connectivity index (χ1) is 9.87. The van der Waals surface area contributed by atoms with Crippen LogP contribution in [0.4, 0.5) is 0 Å². The van der Waals surface area contributed by atoms with Gasteiger partial charge in [-0.3, -0.25) is 4.79 Å². The summed E-state index contributed by atoms with van der Waals surface area (Å²) < 4.78 is 33.2. The average molecular weight is 318 g/mol. The van der Waals surface area contributed by atoms with E-state index in [1.54, 1.807) is 7.05 Å². The van der Waals surface area contributed by atoms with Gasteiger partial charge in [0.25, 0.3) is 10.2 Å². The molecule has 21 heavy (non-hydrogen) atoms. The Morgan fingerprint density at radius 1 is 1.19 bits per heavy atom. The second-order valence-electron chi connectivity index (χ2n) is 6.24. The van der Waals surface area contributed by atoms with E-state index < -0.39 is 10.2 Å².